The van der Waals surface area contributed by atoms with Gasteiger partial charge in [0.25, 0.3) is 0 Å². The van der Waals surface area contributed by atoms with E-state index in [-0.39, 0.29) is 0 Å². The quantitative estimate of drug-likeness (QED) is 0.808. The molecule has 1 heterocycles. The smallest absolute Gasteiger partial charge is 0.0123 e. The van der Waals surface area contributed by atoms with E-state index in [1.165, 1.54) is 64.6 Å². The van der Waals surface area contributed by atoms with Crippen molar-refractivity contribution in [1.82, 2.24) is 10.2 Å². The van der Waals surface area contributed by atoms with Crippen molar-refractivity contribution < 1.29 is 0 Å². The Balaban J connectivity index is 1.86. The van der Waals surface area contributed by atoms with Crippen molar-refractivity contribution in [3.05, 3.63) is 0 Å². The second-order valence-electron chi connectivity index (χ2n) is 6.33. The van der Waals surface area contributed by atoms with E-state index in [0.717, 1.165) is 24.4 Å². The van der Waals surface area contributed by atoms with Crippen LogP contribution in [0.2, 0.25) is 0 Å². The Bertz CT molecular complexity index is 229. The molecule has 2 rings (SSSR count). The molecule has 0 aromatic rings. The first-order valence-electron chi connectivity index (χ1n) is 8.29. The van der Waals surface area contributed by atoms with E-state index >= 15 is 0 Å². The summed E-state index contributed by atoms with van der Waals surface area (Å²) in [7, 11) is 0. The third-order valence-electron chi connectivity index (χ3n) is 5.10. The minimum absolute atomic E-state index is 0.901. The van der Waals surface area contributed by atoms with Crippen molar-refractivity contribution in [2.75, 3.05) is 26.2 Å². The molecule has 2 heteroatoms. The van der Waals surface area contributed by atoms with Crippen LogP contribution < -0.4 is 5.32 Å². The lowest BCUT2D eigenvalue weighted by atomic mass is 9.80. The largest absolute Gasteiger partial charge is 0.317 e. The molecular formula is C16H32N2. The standard InChI is InChI=1S/C16H32N2/c1-3-15-9-5-6-10-16(15)18-11-7-8-14(13-18)12-17-4-2/h14-17H,3-13H2,1-2H3. The average molecular weight is 252 g/mol. The summed E-state index contributed by atoms with van der Waals surface area (Å²) >= 11 is 0. The van der Waals surface area contributed by atoms with E-state index < -0.39 is 0 Å². The van der Waals surface area contributed by atoms with Gasteiger partial charge in [0.2, 0.25) is 0 Å². The van der Waals surface area contributed by atoms with Crippen LogP contribution >= 0.6 is 0 Å². The second-order valence-corrected chi connectivity index (χ2v) is 6.33. The number of nitrogens with one attached hydrogen (secondary N) is 1. The predicted octanol–water partition coefficient (Wildman–Crippen LogP) is 3.28. The van der Waals surface area contributed by atoms with Gasteiger partial charge in [0.05, 0.1) is 0 Å². The SMILES string of the molecule is CCNCC1CCCN(C2CCCCC2CC)C1. The number of likely N-dealkylation sites (tertiary alicyclic amines) is 1. The van der Waals surface area contributed by atoms with Gasteiger partial charge in [0.15, 0.2) is 0 Å². The van der Waals surface area contributed by atoms with Crippen LogP contribution in [0.3, 0.4) is 0 Å². The van der Waals surface area contributed by atoms with Crippen molar-refractivity contribution in [3.8, 4) is 0 Å². The fourth-order valence-electron chi connectivity index (χ4n) is 4.06. The van der Waals surface area contributed by atoms with Gasteiger partial charge < -0.3 is 5.32 Å². The highest BCUT2D eigenvalue weighted by Gasteiger charge is 2.31. The molecule has 2 fully saturated rings. The van der Waals surface area contributed by atoms with Crippen LogP contribution in [-0.4, -0.2) is 37.1 Å². The normalized spacial score (nSPS) is 34.7. The zero-order valence-electron chi connectivity index (χ0n) is 12.5. The van der Waals surface area contributed by atoms with Gasteiger partial charge in [-0.1, -0.05) is 33.1 Å². The highest BCUT2D eigenvalue weighted by molar-refractivity contribution is 4.86. The van der Waals surface area contributed by atoms with Crippen LogP contribution in [-0.2, 0) is 0 Å². The van der Waals surface area contributed by atoms with E-state index in [1.807, 2.05) is 0 Å². The number of nitrogens with zero attached hydrogens (tertiary/aromatic N) is 1. The number of piperidine rings is 1. The molecule has 1 saturated heterocycles. The Hall–Kier alpha value is -0.0800. The number of rotatable bonds is 5. The van der Waals surface area contributed by atoms with Crippen molar-refractivity contribution >= 4 is 0 Å². The van der Waals surface area contributed by atoms with Gasteiger partial charge in [0, 0.05) is 12.6 Å². The second kappa shape index (κ2) is 7.49. The van der Waals surface area contributed by atoms with Gasteiger partial charge >= 0.3 is 0 Å². The lowest BCUT2D eigenvalue weighted by Gasteiger charge is -2.44. The summed E-state index contributed by atoms with van der Waals surface area (Å²) in [5, 5.41) is 3.54. The molecule has 2 nitrogen and oxygen atoms in total. The van der Waals surface area contributed by atoms with Crippen LogP contribution in [0.4, 0.5) is 0 Å². The van der Waals surface area contributed by atoms with Gasteiger partial charge in [-0.3, -0.25) is 4.90 Å². The molecule has 0 spiro atoms. The lowest BCUT2D eigenvalue weighted by Crippen LogP contribution is -2.48. The Morgan fingerprint density at radius 2 is 1.89 bits per heavy atom. The lowest BCUT2D eigenvalue weighted by molar-refractivity contribution is 0.0600. The van der Waals surface area contributed by atoms with Gasteiger partial charge in [-0.25, -0.2) is 0 Å². The van der Waals surface area contributed by atoms with Crippen molar-refractivity contribution in [2.45, 2.75) is 64.8 Å². The third-order valence-corrected chi connectivity index (χ3v) is 5.10. The molecule has 3 unspecified atom stereocenters. The molecule has 0 aromatic carbocycles. The van der Waals surface area contributed by atoms with Gasteiger partial charge in [-0.05, 0) is 57.2 Å². The fraction of sp³-hybridized carbons (Fsp3) is 1.00. The maximum absolute atomic E-state index is 3.54. The third kappa shape index (κ3) is 3.71. The van der Waals surface area contributed by atoms with Crippen LogP contribution in [0, 0.1) is 11.8 Å². The maximum Gasteiger partial charge on any atom is 0.0123 e. The fourth-order valence-corrected chi connectivity index (χ4v) is 4.06. The molecule has 1 saturated carbocycles. The summed E-state index contributed by atoms with van der Waals surface area (Å²) in [5.74, 6) is 1.88. The summed E-state index contributed by atoms with van der Waals surface area (Å²) in [6.07, 6.45) is 10.1. The Morgan fingerprint density at radius 1 is 1.06 bits per heavy atom. The Morgan fingerprint density at radius 3 is 2.67 bits per heavy atom. The molecule has 0 bridgehead atoms. The zero-order chi connectivity index (χ0) is 12.8. The molecule has 1 aliphatic carbocycles. The number of hydrogen-bond acceptors (Lipinski definition) is 2. The molecule has 18 heavy (non-hydrogen) atoms. The molecular weight excluding hydrogens is 220 g/mol. The van der Waals surface area contributed by atoms with E-state index in [1.54, 1.807) is 0 Å². The van der Waals surface area contributed by atoms with E-state index in [4.69, 9.17) is 0 Å². The molecule has 1 aliphatic heterocycles. The summed E-state index contributed by atoms with van der Waals surface area (Å²) in [6.45, 7) is 9.68. The van der Waals surface area contributed by atoms with Gasteiger partial charge in [-0.2, -0.15) is 0 Å². The summed E-state index contributed by atoms with van der Waals surface area (Å²) in [5.41, 5.74) is 0. The van der Waals surface area contributed by atoms with Crippen LogP contribution in [0.15, 0.2) is 0 Å². The van der Waals surface area contributed by atoms with Crippen molar-refractivity contribution in [1.29, 1.82) is 0 Å². The van der Waals surface area contributed by atoms with E-state index in [2.05, 4.69) is 24.1 Å². The first-order valence-corrected chi connectivity index (χ1v) is 8.29. The van der Waals surface area contributed by atoms with E-state index in [0.29, 0.717) is 0 Å². The topological polar surface area (TPSA) is 15.3 Å². The van der Waals surface area contributed by atoms with Crippen LogP contribution in [0.25, 0.3) is 0 Å². The first-order chi connectivity index (χ1) is 8.85. The molecule has 2 aliphatic rings. The van der Waals surface area contributed by atoms with Crippen LogP contribution in [0.5, 0.6) is 0 Å². The number of hydrogen-bond donors (Lipinski definition) is 1. The molecule has 3 atom stereocenters. The first kappa shape index (κ1) is 14.3. The maximum atomic E-state index is 3.54. The molecule has 1 N–H and O–H groups in total. The minimum Gasteiger partial charge on any atom is -0.317 e. The average Bonchev–Trinajstić information content (AvgIpc) is 2.45. The molecule has 0 amide bonds. The highest BCUT2D eigenvalue weighted by Crippen LogP contribution is 2.32. The van der Waals surface area contributed by atoms with Crippen molar-refractivity contribution in [3.63, 3.8) is 0 Å². The van der Waals surface area contributed by atoms with Crippen molar-refractivity contribution in [2.24, 2.45) is 11.8 Å². The summed E-state index contributed by atoms with van der Waals surface area (Å²) < 4.78 is 0. The minimum atomic E-state index is 0.901. The highest BCUT2D eigenvalue weighted by atomic mass is 15.2. The van der Waals surface area contributed by atoms with Gasteiger partial charge in [-0.15, -0.1) is 0 Å². The molecule has 0 radical (unpaired) electrons. The Kier molecular flexibility index (Phi) is 5.97. The molecule has 0 aromatic heterocycles. The summed E-state index contributed by atoms with van der Waals surface area (Å²) in [6, 6.07) is 0.910. The predicted molar refractivity (Wildman–Crippen MR) is 78.9 cm³/mol. The van der Waals surface area contributed by atoms with E-state index in [9.17, 15) is 0 Å². The Labute approximate surface area is 114 Å². The monoisotopic (exact) mass is 252 g/mol. The van der Waals surface area contributed by atoms with Crippen LogP contribution in [0.1, 0.15) is 58.8 Å². The zero-order valence-corrected chi connectivity index (χ0v) is 12.5. The van der Waals surface area contributed by atoms with Gasteiger partial charge in [0.1, 0.15) is 0 Å². The molecule has 106 valence electrons. The summed E-state index contributed by atoms with van der Waals surface area (Å²) in [4.78, 5) is 2.85.